The van der Waals surface area contributed by atoms with Crippen LogP contribution >= 0.6 is 11.6 Å². The number of aliphatic imine (C=N–C) groups is 1. The highest BCUT2D eigenvalue weighted by Gasteiger charge is 2.49. The highest BCUT2D eigenvalue weighted by Crippen LogP contribution is 2.57. The number of fused-ring (bicyclic) bond motifs is 3. The molecule has 0 saturated carbocycles. The number of rotatable bonds is 2. The van der Waals surface area contributed by atoms with Gasteiger partial charge in [-0.05, 0) is 46.4 Å². The van der Waals surface area contributed by atoms with Crippen LogP contribution in [0.3, 0.4) is 0 Å². The van der Waals surface area contributed by atoms with E-state index in [0.717, 1.165) is 11.4 Å². The summed E-state index contributed by atoms with van der Waals surface area (Å²) < 4.78 is 0. The molecule has 1 heterocycles. The predicted molar refractivity (Wildman–Crippen MR) is 109 cm³/mol. The average Bonchev–Trinajstić information content (AvgIpc) is 3.00. The number of allylic oxidation sites excluding steroid dienone is 1. The van der Waals surface area contributed by atoms with Crippen molar-refractivity contribution in [2.24, 2.45) is 10.9 Å². The average molecular weight is 356 g/mol. The maximum Gasteiger partial charge on any atom is 0.0530 e. The molecule has 26 heavy (non-hydrogen) atoms. The zero-order valence-corrected chi connectivity index (χ0v) is 15.0. The van der Waals surface area contributed by atoms with Crippen LogP contribution in [0, 0.1) is 5.92 Å². The van der Waals surface area contributed by atoms with Gasteiger partial charge in [0.2, 0.25) is 0 Å². The topological polar surface area (TPSA) is 12.4 Å². The largest absolute Gasteiger partial charge is 0.269 e. The third-order valence-electron chi connectivity index (χ3n) is 5.70. The first-order valence-electron chi connectivity index (χ1n) is 8.95. The lowest BCUT2D eigenvalue weighted by molar-refractivity contribution is 0.468. The standard InChI is InChI=1S/C24H18ClN/c25-19-10-11-21-20-8-4-5-9-22(20)24(23(21)16-19,17-6-2-1-3-7-17)18-12-14-26-15-13-18/h1-12,14-16,18H,13H2. The summed E-state index contributed by atoms with van der Waals surface area (Å²) in [6.45, 7) is 0. The van der Waals surface area contributed by atoms with Gasteiger partial charge in [0, 0.05) is 23.4 Å². The minimum atomic E-state index is -0.249. The zero-order chi connectivity index (χ0) is 17.6. The summed E-state index contributed by atoms with van der Waals surface area (Å²) in [6.07, 6.45) is 7.12. The van der Waals surface area contributed by atoms with Gasteiger partial charge < -0.3 is 0 Å². The molecule has 1 nitrogen and oxygen atoms in total. The molecule has 0 N–H and O–H groups in total. The normalized spacial score (nSPS) is 22.9. The Kier molecular flexibility index (Phi) is 3.58. The Morgan fingerprint density at radius 2 is 1.62 bits per heavy atom. The van der Waals surface area contributed by atoms with Crippen LogP contribution in [-0.4, -0.2) is 6.21 Å². The molecule has 2 unspecified atom stereocenters. The van der Waals surface area contributed by atoms with E-state index in [1.807, 2.05) is 18.5 Å². The molecular formula is C24H18ClN. The Balaban J connectivity index is 1.92. The molecule has 126 valence electrons. The van der Waals surface area contributed by atoms with Crippen molar-refractivity contribution < 1.29 is 0 Å². The maximum absolute atomic E-state index is 6.48. The third kappa shape index (κ3) is 2.07. The van der Waals surface area contributed by atoms with Crippen LogP contribution in [0.25, 0.3) is 11.1 Å². The molecule has 0 saturated heterocycles. The Hall–Kier alpha value is -2.64. The number of hydrogen-bond donors (Lipinski definition) is 0. The molecule has 3 aromatic rings. The molecule has 0 aromatic heterocycles. The summed E-state index contributed by atoms with van der Waals surface area (Å²) in [5.41, 5.74) is 6.29. The fourth-order valence-corrected chi connectivity index (χ4v) is 4.87. The Bertz CT molecular complexity index is 1040. The van der Waals surface area contributed by atoms with Gasteiger partial charge in [-0.25, -0.2) is 0 Å². The van der Waals surface area contributed by atoms with Crippen LogP contribution in [0.5, 0.6) is 0 Å². The van der Waals surface area contributed by atoms with Gasteiger partial charge in [0.25, 0.3) is 0 Å². The van der Waals surface area contributed by atoms with Crippen LogP contribution in [0.2, 0.25) is 5.02 Å². The van der Waals surface area contributed by atoms with Crippen molar-refractivity contribution >= 4 is 17.8 Å². The first kappa shape index (κ1) is 15.6. The first-order chi connectivity index (χ1) is 12.8. The second-order valence-electron chi connectivity index (χ2n) is 6.92. The van der Waals surface area contributed by atoms with Crippen LogP contribution in [0.4, 0.5) is 0 Å². The van der Waals surface area contributed by atoms with Gasteiger partial charge in [-0.15, -0.1) is 0 Å². The van der Waals surface area contributed by atoms with E-state index < -0.39 is 0 Å². The molecule has 0 fully saturated rings. The van der Waals surface area contributed by atoms with Gasteiger partial charge in [-0.1, -0.05) is 78.3 Å². The SMILES string of the molecule is Clc1ccc2c(c1)C(c1ccccc1)(C1C=CN=CC1)c1ccccc1-2. The van der Waals surface area contributed by atoms with Crippen LogP contribution in [0.1, 0.15) is 23.1 Å². The fourth-order valence-electron chi connectivity index (χ4n) is 4.70. The predicted octanol–water partition coefficient (Wildman–Crippen LogP) is 6.26. The van der Waals surface area contributed by atoms with Crippen LogP contribution in [0.15, 0.2) is 90.1 Å². The van der Waals surface area contributed by atoms with E-state index in [-0.39, 0.29) is 5.41 Å². The quantitative estimate of drug-likeness (QED) is 0.514. The molecule has 3 aromatic carbocycles. The number of benzene rings is 3. The molecule has 2 atom stereocenters. The van der Waals surface area contributed by atoms with Gasteiger partial charge in [-0.3, -0.25) is 4.99 Å². The lowest BCUT2D eigenvalue weighted by atomic mass is 9.63. The smallest absolute Gasteiger partial charge is 0.0530 e. The van der Waals surface area contributed by atoms with Crippen molar-refractivity contribution in [3.05, 3.63) is 107 Å². The minimum Gasteiger partial charge on any atom is -0.269 e. The van der Waals surface area contributed by atoms with Gasteiger partial charge in [0.05, 0.1) is 5.41 Å². The molecule has 2 aliphatic rings. The van der Waals surface area contributed by atoms with Gasteiger partial charge >= 0.3 is 0 Å². The number of nitrogens with zero attached hydrogens (tertiary/aromatic N) is 1. The van der Waals surface area contributed by atoms with E-state index in [9.17, 15) is 0 Å². The summed E-state index contributed by atoms with van der Waals surface area (Å²) >= 11 is 6.48. The molecule has 0 radical (unpaired) electrons. The highest BCUT2D eigenvalue weighted by atomic mass is 35.5. The van der Waals surface area contributed by atoms with Gasteiger partial charge in [0.15, 0.2) is 0 Å². The van der Waals surface area contributed by atoms with E-state index >= 15 is 0 Å². The molecular weight excluding hydrogens is 338 g/mol. The van der Waals surface area contributed by atoms with E-state index in [4.69, 9.17) is 11.6 Å². The maximum atomic E-state index is 6.48. The van der Waals surface area contributed by atoms with E-state index in [0.29, 0.717) is 5.92 Å². The summed E-state index contributed by atoms with van der Waals surface area (Å²) in [5.74, 6) is 0.295. The molecule has 0 amide bonds. The molecule has 0 bridgehead atoms. The highest BCUT2D eigenvalue weighted by molar-refractivity contribution is 6.30. The van der Waals surface area contributed by atoms with Crippen LogP contribution in [-0.2, 0) is 5.41 Å². The van der Waals surface area contributed by atoms with Crippen molar-refractivity contribution in [3.8, 4) is 11.1 Å². The lowest BCUT2D eigenvalue weighted by Crippen LogP contribution is -2.36. The Morgan fingerprint density at radius 3 is 2.42 bits per heavy atom. The Labute approximate surface area is 158 Å². The zero-order valence-electron chi connectivity index (χ0n) is 14.3. The fraction of sp³-hybridized carbons (Fsp3) is 0.125. The summed E-state index contributed by atoms with van der Waals surface area (Å²) in [6, 6.07) is 25.9. The van der Waals surface area contributed by atoms with E-state index in [2.05, 4.69) is 77.8 Å². The van der Waals surface area contributed by atoms with Crippen molar-refractivity contribution in [2.75, 3.05) is 0 Å². The van der Waals surface area contributed by atoms with Gasteiger partial charge in [0.1, 0.15) is 0 Å². The van der Waals surface area contributed by atoms with E-state index in [1.165, 1.54) is 27.8 Å². The molecule has 1 aliphatic carbocycles. The molecule has 5 rings (SSSR count). The second-order valence-corrected chi connectivity index (χ2v) is 7.36. The summed E-state index contributed by atoms with van der Waals surface area (Å²) in [5, 5.41) is 0.783. The third-order valence-corrected chi connectivity index (χ3v) is 5.94. The molecule has 0 spiro atoms. The van der Waals surface area contributed by atoms with Gasteiger partial charge in [-0.2, -0.15) is 0 Å². The first-order valence-corrected chi connectivity index (χ1v) is 9.33. The van der Waals surface area contributed by atoms with Crippen molar-refractivity contribution in [3.63, 3.8) is 0 Å². The van der Waals surface area contributed by atoms with Crippen LogP contribution < -0.4 is 0 Å². The summed E-state index contributed by atoms with van der Waals surface area (Å²) in [7, 11) is 0. The monoisotopic (exact) mass is 355 g/mol. The number of halogens is 1. The van der Waals surface area contributed by atoms with Crippen molar-refractivity contribution in [2.45, 2.75) is 11.8 Å². The second kappa shape index (κ2) is 5.96. The minimum absolute atomic E-state index is 0.249. The summed E-state index contributed by atoms with van der Waals surface area (Å²) in [4.78, 5) is 4.32. The molecule has 2 heteroatoms. The Morgan fingerprint density at radius 1 is 0.846 bits per heavy atom. The number of hydrogen-bond acceptors (Lipinski definition) is 1. The molecule has 1 aliphatic heterocycles. The van der Waals surface area contributed by atoms with Crippen molar-refractivity contribution in [1.82, 2.24) is 0 Å². The van der Waals surface area contributed by atoms with E-state index in [1.54, 1.807) is 0 Å². The van der Waals surface area contributed by atoms with Crippen molar-refractivity contribution in [1.29, 1.82) is 0 Å². The lowest BCUT2D eigenvalue weighted by Gasteiger charge is -2.39.